The van der Waals surface area contributed by atoms with Crippen LogP contribution in [-0.2, 0) is 6.54 Å². The number of H-pyrrole nitrogens is 1. The van der Waals surface area contributed by atoms with Gasteiger partial charge in [-0.2, -0.15) is 0 Å². The fourth-order valence-electron chi connectivity index (χ4n) is 2.42. The molecule has 0 saturated carbocycles. The normalized spacial score (nSPS) is 10.7. The molecule has 0 fully saturated rings. The summed E-state index contributed by atoms with van der Waals surface area (Å²) >= 11 is 0. The molecular formula is C17H16N2O3. The van der Waals surface area contributed by atoms with Crippen molar-refractivity contribution in [3.63, 3.8) is 0 Å². The second-order valence-corrected chi connectivity index (χ2v) is 4.99. The maximum absolute atomic E-state index is 11.9. The molecule has 0 atom stereocenters. The van der Waals surface area contributed by atoms with Crippen LogP contribution in [0.4, 0.5) is 0 Å². The van der Waals surface area contributed by atoms with Crippen molar-refractivity contribution in [2.45, 2.75) is 13.0 Å². The number of fused-ring (bicyclic) bond motifs is 1. The number of nitrogens with zero attached hydrogens (tertiary/aromatic N) is 1. The molecule has 0 radical (unpaired) electrons. The van der Waals surface area contributed by atoms with E-state index < -0.39 is 0 Å². The van der Waals surface area contributed by atoms with Gasteiger partial charge in [0.2, 0.25) is 0 Å². The predicted molar refractivity (Wildman–Crippen MR) is 84.5 cm³/mol. The summed E-state index contributed by atoms with van der Waals surface area (Å²) < 4.78 is 7.32. The summed E-state index contributed by atoms with van der Waals surface area (Å²) in [6, 6.07) is 14.6. The number of aryl methyl sites for hydroxylation is 1. The molecule has 112 valence electrons. The summed E-state index contributed by atoms with van der Waals surface area (Å²) in [5, 5.41) is 0. The summed E-state index contributed by atoms with van der Waals surface area (Å²) in [5.74, 6) is 0.663. The van der Waals surface area contributed by atoms with Gasteiger partial charge in [0.05, 0.1) is 17.6 Å². The lowest BCUT2D eigenvalue weighted by atomic mass is 10.2. The molecule has 0 spiro atoms. The number of aromatic nitrogens is 2. The zero-order valence-corrected chi connectivity index (χ0v) is 12.0. The van der Waals surface area contributed by atoms with Gasteiger partial charge >= 0.3 is 5.69 Å². The van der Waals surface area contributed by atoms with E-state index in [2.05, 4.69) is 4.98 Å². The fraction of sp³-hybridized carbons (Fsp3) is 0.176. The number of carbonyl (C=O) groups is 1. The lowest BCUT2D eigenvalue weighted by Gasteiger charge is -2.07. The van der Waals surface area contributed by atoms with Gasteiger partial charge in [0.15, 0.2) is 0 Å². The maximum atomic E-state index is 11.9. The van der Waals surface area contributed by atoms with Gasteiger partial charge in [-0.15, -0.1) is 0 Å². The van der Waals surface area contributed by atoms with Crippen molar-refractivity contribution in [3.8, 4) is 5.75 Å². The quantitative estimate of drug-likeness (QED) is 0.562. The van der Waals surface area contributed by atoms with Crippen LogP contribution >= 0.6 is 0 Å². The average molecular weight is 296 g/mol. The Hall–Kier alpha value is -2.82. The molecule has 0 unspecified atom stereocenters. The van der Waals surface area contributed by atoms with Crippen molar-refractivity contribution in [1.29, 1.82) is 0 Å². The van der Waals surface area contributed by atoms with Crippen molar-refractivity contribution in [2.75, 3.05) is 6.61 Å². The van der Waals surface area contributed by atoms with E-state index in [-0.39, 0.29) is 5.69 Å². The molecule has 0 amide bonds. The van der Waals surface area contributed by atoms with E-state index in [1.807, 2.05) is 30.3 Å². The predicted octanol–water partition coefficient (Wildman–Crippen LogP) is 2.61. The van der Waals surface area contributed by atoms with E-state index >= 15 is 0 Å². The average Bonchev–Trinajstić information content (AvgIpc) is 2.87. The van der Waals surface area contributed by atoms with Gasteiger partial charge < -0.3 is 9.72 Å². The van der Waals surface area contributed by atoms with Crippen LogP contribution in [0.5, 0.6) is 5.75 Å². The van der Waals surface area contributed by atoms with Crippen molar-refractivity contribution >= 4 is 17.3 Å². The molecule has 3 rings (SSSR count). The molecule has 1 heterocycles. The van der Waals surface area contributed by atoms with Gasteiger partial charge in [-0.05, 0) is 30.7 Å². The van der Waals surface area contributed by atoms with Crippen LogP contribution in [0, 0.1) is 0 Å². The summed E-state index contributed by atoms with van der Waals surface area (Å²) in [7, 11) is 0. The van der Waals surface area contributed by atoms with E-state index in [0.717, 1.165) is 17.3 Å². The highest BCUT2D eigenvalue weighted by atomic mass is 16.5. The number of rotatable bonds is 6. The monoisotopic (exact) mass is 296 g/mol. The van der Waals surface area contributed by atoms with Crippen LogP contribution in [0.3, 0.4) is 0 Å². The fourth-order valence-corrected chi connectivity index (χ4v) is 2.42. The number of aldehydes is 1. The third-order valence-corrected chi connectivity index (χ3v) is 3.47. The standard InChI is InChI=1S/C17H16N2O3/c20-12-13-5-3-6-14(11-13)22-10-4-9-19-16-8-2-1-7-15(16)18-17(19)21/h1-3,5-8,11-12H,4,9-10H2,(H,18,21). The van der Waals surface area contributed by atoms with E-state index in [0.29, 0.717) is 30.9 Å². The van der Waals surface area contributed by atoms with Crippen LogP contribution in [0.15, 0.2) is 53.3 Å². The highest BCUT2D eigenvalue weighted by Crippen LogP contribution is 2.13. The molecule has 5 heteroatoms. The van der Waals surface area contributed by atoms with E-state index in [1.165, 1.54) is 0 Å². The summed E-state index contributed by atoms with van der Waals surface area (Å²) in [6.07, 6.45) is 1.49. The number of ether oxygens (including phenoxy) is 1. The first-order chi connectivity index (χ1) is 10.8. The molecule has 2 aromatic carbocycles. The lowest BCUT2D eigenvalue weighted by molar-refractivity contribution is 0.112. The molecular weight excluding hydrogens is 280 g/mol. The Kier molecular flexibility index (Phi) is 4.05. The topological polar surface area (TPSA) is 64.1 Å². The Morgan fingerprint density at radius 3 is 2.86 bits per heavy atom. The molecule has 0 bridgehead atoms. The Balaban J connectivity index is 1.61. The van der Waals surface area contributed by atoms with Gasteiger partial charge in [0, 0.05) is 12.1 Å². The van der Waals surface area contributed by atoms with Crippen molar-refractivity contribution in [1.82, 2.24) is 9.55 Å². The second-order valence-electron chi connectivity index (χ2n) is 4.99. The molecule has 0 aliphatic rings. The number of carbonyl (C=O) groups excluding carboxylic acids is 1. The zero-order valence-electron chi connectivity index (χ0n) is 12.0. The maximum Gasteiger partial charge on any atom is 0.326 e. The Morgan fingerprint density at radius 1 is 1.14 bits per heavy atom. The summed E-state index contributed by atoms with van der Waals surface area (Å²) in [5.41, 5.74) is 2.22. The van der Waals surface area contributed by atoms with Crippen LogP contribution in [0.25, 0.3) is 11.0 Å². The summed E-state index contributed by atoms with van der Waals surface area (Å²) in [6.45, 7) is 1.06. The minimum absolute atomic E-state index is 0.107. The number of nitrogens with one attached hydrogen (secondary N) is 1. The molecule has 1 aromatic heterocycles. The van der Waals surface area contributed by atoms with Gasteiger partial charge in [-0.1, -0.05) is 24.3 Å². The molecule has 22 heavy (non-hydrogen) atoms. The van der Waals surface area contributed by atoms with Crippen LogP contribution in [0.1, 0.15) is 16.8 Å². The minimum Gasteiger partial charge on any atom is -0.494 e. The van der Waals surface area contributed by atoms with E-state index in [9.17, 15) is 9.59 Å². The Bertz CT molecular complexity index is 848. The van der Waals surface area contributed by atoms with Crippen molar-refractivity contribution in [3.05, 3.63) is 64.6 Å². The number of hydrogen-bond acceptors (Lipinski definition) is 3. The van der Waals surface area contributed by atoms with Crippen LogP contribution < -0.4 is 10.4 Å². The third kappa shape index (κ3) is 2.93. The Morgan fingerprint density at radius 2 is 2.00 bits per heavy atom. The first-order valence-electron chi connectivity index (χ1n) is 7.13. The van der Waals surface area contributed by atoms with E-state index in [1.54, 1.807) is 22.8 Å². The van der Waals surface area contributed by atoms with Crippen LogP contribution in [0.2, 0.25) is 0 Å². The number of benzene rings is 2. The SMILES string of the molecule is O=Cc1cccc(OCCCn2c(=O)[nH]c3ccccc32)c1. The molecule has 0 aliphatic heterocycles. The second kappa shape index (κ2) is 6.30. The van der Waals surface area contributed by atoms with Crippen molar-refractivity contribution in [2.24, 2.45) is 0 Å². The number of aromatic amines is 1. The largest absolute Gasteiger partial charge is 0.494 e. The number of imidazole rings is 1. The smallest absolute Gasteiger partial charge is 0.326 e. The highest BCUT2D eigenvalue weighted by Gasteiger charge is 2.05. The minimum atomic E-state index is -0.107. The molecule has 3 aromatic rings. The number of hydrogen-bond donors (Lipinski definition) is 1. The molecule has 0 saturated heterocycles. The van der Waals surface area contributed by atoms with Gasteiger partial charge in [-0.3, -0.25) is 9.36 Å². The van der Waals surface area contributed by atoms with Gasteiger partial charge in [-0.25, -0.2) is 4.79 Å². The van der Waals surface area contributed by atoms with Gasteiger partial charge in [0.1, 0.15) is 12.0 Å². The molecule has 5 nitrogen and oxygen atoms in total. The first kappa shape index (κ1) is 14.1. The Labute approximate surface area is 127 Å². The van der Waals surface area contributed by atoms with Gasteiger partial charge in [0.25, 0.3) is 0 Å². The third-order valence-electron chi connectivity index (χ3n) is 3.47. The van der Waals surface area contributed by atoms with Crippen molar-refractivity contribution < 1.29 is 9.53 Å². The van der Waals surface area contributed by atoms with E-state index in [4.69, 9.17) is 4.74 Å². The first-order valence-corrected chi connectivity index (χ1v) is 7.13. The van der Waals surface area contributed by atoms with Crippen LogP contribution in [-0.4, -0.2) is 22.4 Å². The lowest BCUT2D eigenvalue weighted by Crippen LogP contribution is -2.18. The molecule has 1 N–H and O–H groups in total. The zero-order chi connectivity index (χ0) is 15.4. The highest BCUT2D eigenvalue weighted by molar-refractivity contribution is 5.75. The summed E-state index contributed by atoms with van der Waals surface area (Å²) in [4.78, 5) is 25.5. The number of para-hydroxylation sites is 2. The molecule has 0 aliphatic carbocycles.